The Morgan fingerprint density at radius 2 is 1.27 bits per heavy atom. The molecule has 6 aromatic rings. The zero-order valence-corrected chi connectivity index (χ0v) is 32.4. The number of ether oxygens (including phenoxy) is 3. The van der Waals surface area contributed by atoms with E-state index in [0.717, 1.165) is 42.7 Å². The van der Waals surface area contributed by atoms with E-state index in [1.165, 1.54) is 26.5 Å². The highest BCUT2D eigenvalue weighted by molar-refractivity contribution is 9.10. The first kappa shape index (κ1) is 37.3. The highest BCUT2D eigenvalue weighted by Crippen LogP contribution is 2.56. The highest BCUT2D eigenvalue weighted by Gasteiger charge is 2.45. The first-order valence-electron chi connectivity index (χ1n) is 16.9. The Kier molecular flexibility index (Phi) is 11.8. The maximum atomic E-state index is 14.8. The molecular weight excluding hydrogens is 768 g/mol. The van der Waals surface area contributed by atoms with Gasteiger partial charge in [-0.25, -0.2) is 9.18 Å². The van der Waals surface area contributed by atoms with Crippen LogP contribution in [-0.4, -0.2) is 46.6 Å². The number of aryl methyl sites for hydroxylation is 1. The van der Waals surface area contributed by atoms with E-state index in [0.29, 0.717) is 28.5 Å². The van der Waals surface area contributed by atoms with Crippen molar-refractivity contribution in [3.8, 4) is 17.2 Å². The van der Waals surface area contributed by atoms with Crippen LogP contribution in [0.2, 0.25) is 5.15 Å². The molecule has 9 nitrogen and oxygen atoms in total. The quantitative estimate of drug-likeness (QED) is 0.0657. The number of hydrogen-bond acceptors (Lipinski definition) is 7. The third-order valence-electron chi connectivity index (χ3n) is 9.34. The van der Waals surface area contributed by atoms with E-state index in [9.17, 15) is 9.18 Å². The number of unbranched alkanes of at least 4 members (excludes halogenated alkanes) is 3. The van der Waals surface area contributed by atoms with Gasteiger partial charge in [0, 0.05) is 16.6 Å². The fraction of sp³-hybridized carbons (Fsp3) is 0.256. The van der Waals surface area contributed by atoms with Crippen molar-refractivity contribution < 1.29 is 18.6 Å². The normalized spacial score (nSPS) is 11.6. The van der Waals surface area contributed by atoms with Crippen LogP contribution in [-0.2, 0) is 13.1 Å². The predicted molar refractivity (Wildman–Crippen MR) is 213 cm³/mol. The second-order valence-corrected chi connectivity index (χ2v) is 17.2. The van der Waals surface area contributed by atoms with Gasteiger partial charge in [0.25, 0.3) is 0 Å². The number of halogens is 3. The largest absolute Gasteiger partial charge is 0.497 e. The zero-order valence-electron chi connectivity index (χ0n) is 29.2. The minimum atomic E-state index is -2.14. The molecule has 0 saturated carbocycles. The summed E-state index contributed by atoms with van der Waals surface area (Å²) in [6.07, 6.45) is 4.37. The van der Waals surface area contributed by atoms with Gasteiger partial charge in [-0.15, -0.1) is 0 Å². The van der Waals surface area contributed by atoms with E-state index in [1.54, 1.807) is 38.0 Å². The maximum absolute atomic E-state index is 14.8. The van der Waals surface area contributed by atoms with Crippen molar-refractivity contribution in [1.29, 1.82) is 0 Å². The number of nitrogens with zero attached hydrogens (tertiary/aromatic N) is 4. The van der Waals surface area contributed by atoms with E-state index in [-0.39, 0.29) is 29.0 Å². The fourth-order valence-electron chi connectivity index (χ4n) is 6.67. The molecule has 2 aromatic heterocycles. The van der Waals surface area contributed by atoms with Crippen LogP contribution in [0.4, 0.5) is 10.3 Å². The second-order valence-electron chi connectivity index (χ2n) is 12.3. The molecule has 2 N–H and O–H groups in total. The van der Waals surface area contributed by atoms with E-state index >= 15 is 0 Å². The van der Waals surface area contributed by atoms with Crippen LogP contribution in [0, 0.1) is 5.82 Å². The third-order valence-corrected chi connectivity index (χ3v) is 14.6. The molecule has 0 atom stereocenters. The van der Waals surface area contributed by atoms with Crippen LogP contribution in [0.1, 0.15) is 31.2 Å². The smallest absolute Gasteiger partial charge is 0.330 e. The zero-order chi connectivity index (χ0) is 36.8. The summed E-state index contributed by atoms with van der Waals surface area (Å²) >= 11 is 9.84. The van der Waals surface area contributed by atoms with Gasteiger partial charge >= 0.3 is 5.69 Å². The van der Waals surface area contributed by atoms with Gasteiger partial charge in [-0.3, -0.25) is 9.13 Å². The SMILES string of the molecule is COc1ccc([P+](CCCCCCn2c(=O)n(Cc3ccc(Br)cc3F)c3nc(N)nc(Cl)c32)(c2ccc(OC)cc2)c2ccc(OC)cc2)cc1. The molecule has 270 valence electrons. The molecule has 2 heterocycles. The summed E-state index contributed by atoms with van der Waals surface area (Å²) in [4.78, 5) is 22.3. The Morgan fingerprint density at radius 3 is 1.77 bits per heavy atom. The highest BCUT2D eigenvalue weighted by atomic mass is 79.9. The molecule has 0 unspecified atom stereocenters. The van der Waals surface area contributed by atoms with Crippen LogP contribution < -0.4 is 41.5 Å². The number of imidazole rings is 1. The van der Waals surface area contributed by atoms with Gasteiger partial charge in [-0.2, -0.15) is 9.97 Å². The topological polar surface area (TPSA) is 106 Å². The fourth-order valence-corrected chi connectivity index (χ4v) is 11.6. The molecule has 4 aromatic carbocycles. The van der Waals surface area contributed by atoms with Crippen molar-refractivity contribution in [2.45, 2.75) is 38.8 Å². The molecule has 6 rings (SSSR count). The van der Waals surface area contributed by atoms with E-state index in [2.05, 4.69) is 62.3 Å². The van der Waals surface area contributed by atoms with Gasteiger partial charge < -0.3 is 19.9 Å². The molecule has 0 fully saturated rings. The summed E-state index contributed by atoms with van der Waals surface area (Å²) in [5, 5.41) is 3.83. The first-order chi connectivity index (χ1) is 25.2. The summed E-state index contributed by atoms with van der Waals surface area (Å²) in [6, 6.07) is 30.0. The van der Waals surface area contributed by atoms with Crippen molar-refractivity contribution >= 4 is 67.8 Å². The molecule has 0 spiro atoms. The number of nitrogen functional groups attached to an aromatic ring is 1. The number of fused-ring (bicyclic) bond motifs is 1. The number of nitrogens with two attached hydrogens (primary N) is 1. The van der Waals surface area contributed by atoms with E-state index in [1.807, 2.05) is 36.4 Å². The van der Waals surface area contributed by atoms with Crippen molar-refractivity contribution in [2.24, 2.45) is 0 Å². The summed E-state index contributed by atoms with van der Waals surface area (Å²) in [5.41, 5.74) is 6.59. The van der Waals surface area contributed by atoms with Crippen molar-refractivity contribution in [3.63, 3.8) is 0 Å². The number of hydrogen-bond donors (Lipinski definition) is 1. The molecule has 0 aliphatic rings. The third kappa shape index (κ3) is 7.68. The van der Waals surface area contributed by atoms with Crippen molar-refractivity contribution in [2.75, 3.05) is 33.2 Å². The standard InChI is InChI=1S/C39H40BrClFN5O4P/c1-49-28-10-16-31(17-11-28)52(32-18-12-29(50-2)13-19-32,33-20-14-30(51-3)15-21-33)23-7-5-4-6-22-46-35-36(41)44-38(43)45-37(35)47(39(46)48)25-26-8-9-27(40)24-34(26)42/h8-21,24H,4-7,22-23,25H2,1-3H3,(H2,43,44,45)/q+1. The van der Waals surface area contributed by atoms with Gasteiger partial charge in [-0.1, -0.05) is 40.0 Å². The molecule has 0 radical (unpaired) electrons. The number of rotatable bonds is 15. The van der Waals surface area contributed by atoms with Gasteiger partial charge in [-0.05, 0) is 104 Å². The predicted octanol–water partition coefficient (Wildman–Crippen LogP) is 7.36. The molecule has 0 amide bonds. The molecule has 13 heteroatoms. The lowest BCUT2D eigenvalue weighted by Crippen LogP contribution is -2.33. The summed E-state index contributed by atoms with van der Waals surface area (Å²) < 4.78 is 35.0. The van der Waals surface area contributed by atoms with Gasteiger partial charge in [0.15, 0.2) is 10.8 Å². The van der Waals surface area contributed by atoms with Crippen molar-refractivity contribution in [1.82, 2.24) is 19.1 Å². The molecular formula is C39H40BrClFN5O4P+. The molecule has 0 bridgehead atoms. The van der Waals surface area contributed by atoms with Gasteiger partial charge in [0.05, 0.1) is 34.0 Å². The summed E-state index contributed by atoms with van der Waals surface area (Å²) in [7, 11) is 2.88. The van der Waals surface area contributed by atoms with Crippen LogP contribution >= 0.6 is 34.8 Å². The minimum Gasteiger partial charge on any atom is -0.497 e. The lowest BCUT2D eigenvalue weighted by atomic mass is 10.2. The van der Waals surface area contributed by atoms with Crippen LogP contribution in [0.15, 0.2) is 100 Å². The summed E-state index contributed by atoms with van der Waals surface area (Å²) in [6.45, 7) is 0.371. The average molecular weight is 808 g/mol. The molecule has 0 saturated heterocycles. The second kappa shape index (κ2) is 16.5. The maximum Gasteiger partial charge on any atom is 0.330 e. The van der Waals surface area contributed by atoms with E-state index < -0.39 is 13.1 Å². The van der Waals surface area contributed by atoms with Crippen LogP contribution in [0.25, 0.3) is 11.2 Å². The monoisotopic (exact) mass is 806 g/mol. The average Bonchev–Trinajstić information content (AvgIpc) is 3.42. The number of methoxy groups -OCH3 is 3. The van der Waals surface area contributed by atoms with Gasteiger partial charge in [0.1, 0.15) is 51.8 Å². The summed E-state index contributed by atoms with van der Waals surface area (Å²) in [5.74, 6) is 1.92. The molecule has 0 aliphatic heterocycles. The Morgan fingerprint density at radius 1 is 0.750 bits per heavy atom. The Balaban J connectivity index is 1.25. The van der Waals surface area contributed by atoms with Crippen LogP contribution in [0.5, 0.6) is 17.2 Å². The lowest BCUT2D eigenvalue weighted by molar-refractivity contribution is 0.415. The number of aromatic nitrogens is 4. The Hall–Kier alpha value is -4.44. The van der Waals surface area contributed by atoms with Crippen LogP contribution in [0.3, 0.4) is 0 Å². The number of anilines is 1. The van der Waals surface area contributed by atoms with E-state index in [4.69, 9.17) is 31.5 Å². The Bertz CT molecular complexity index is 2100. The minimum absolute atomic E-state index is 0.0257. The van der Waals surface area contributed by atoms with Gasteiger partial charge in [0.2, 0.25) is 5.95 Å². The number of benzene rings is 4. The Labute approximate surface area is 316 Å². The van der Waals surface area contributed by atoms with Crippen molar-refractivity contribution in [3.05, 3.63) is 122 Å². The first-order valence-corrected chi connectivity index (χ1v) is 20.0. The lowest BCUT2D eigenvalue weighted by Gasteiger charge is -2.28. The molecule has 52 heavy (non-hydrogen) atoms. The molecule has 0 aliphatic carbocycles.